The highest BCUT2D eigenvalue weighted by molar-refractivity contribution is 5.90. The monoisotopic (exact) mass is 364 g/mol. The molecule has 0 radical (unpaired) electrons. The molecule has 0 aliphatic heterocycles. The van der Waals surface area contributed by atoms with Gasteiger partial charge in [-0.1, -0.05) is 42.5 Å². The van der Waals surface area contributed by atoms with Gasteiger partial charge in [0.2, 0.25) is 5.56 Å². The molecule has 3 heterocycles. The van der Waals surface area contributed by atoms with Crippen LogP contribution in [-0.2, 0) is 0 Å². The number of benzene rings is 2. The Hall–Kier alpha value is -3.86. The lowest BCUT2D eigenvalue weighted by Crippen LogP contribution is -2.08. The van der Waals surface area contributed by atoms with Crippen molar-refractivity contribution in [3.05, 3.63) is 88.8 Å². The van der Waals surface area contributed by atoms with Crippen molar-refractivity contribution in [2.45, 2.75) is 6.92 Å². The molecule has 5 heteroatoms. The largest absolute Gasteiger partial charge is 0.305 e. The third kappa shape index (κ3) is 2.74. The molecule has 0 fully saturated rings. The lowest BCUT2D eigenvalue weighted by molar-refractivity contribution is 1.17. The molecule has 0 saturated heterocycles. The van der Waals surface area contributed by atoms with E-state index in [1.54, 1.807) is 12.3 Å². The Morgan fingerprint density at radius 2 is 1.64 bits per heavy atom. The second-order valence-corrected chi connectivity index (χ2v) is 6.71. The number of aryl methyl sites for hydroxylation is 1. The third-order valence-electron chi connectivity index (χ3n) is 4.78. The van der Waals surface area contributed by atoms with Crippen molar-refractivity contribution < 1.29 is 0 Å². The number of fused-ring (bicyclic) bond motifs is 2. The van der Waals surface area contributed by atoms with E-state index in [0.717, 1.165) is 39.0 Å². The standard InChI is InChI=1S/C23H16N4O/c1-14-12-19(28)25-23-20(14)26-22(21(27-23)15-6-3-2-4-7-15)17-9-10-18-16(13-17)8-5-11-24-18/h2-13H,1H3,(H,25,27,28). The summed E-state index contributed by atoms with van der Waals surface area (Å²) in [5, 5.41) is 1.04. The maximum atomic E-state index is 11.9. The minimum absolute atomic E-state index is 0.178. The van der Waals surface area contributed by atoms with E-state index in [1.165, 1.54) is 0 Å². The van der Waals surface area contributed by atoms with E-state index < -0.39 is 0 Å². The molecule has 0 spiro atoms. The van der Waals surface area contributed by atoms with Crippen LogP contribution in [0.4, 0.5) is 0 Å². The van der Waals surface area contributed by atoms with Gasteiger partial charge in [0.1, 0.15) is 5.52 Å². The lowest BCUT2D eigenvalue weighted by Gasteiger charge is -2.12. The van der Waals surface area contributed by atoms with Gasteiger partial charge >= 0.3 is 0 Å². The molecule has 0 saturated carbocycles. The number of rotatable bonds is 2. The number of H-pyrrole nitrogens is 1. The Morgan fingerprint density at radius 1 is 0.821 bits per heavy atom. The first-order valence-corrected chi connectivity index (χ1v) is 9.01. The van der Waals surface area contributed by atoms with Crippen LogP contribution in [0.15, 0.2) is 77.7 Å². The summed E-state index contributed by atoms with van der Waals surface area (Å²) < 4.78 is 0. The fraction of sp³-hybridized carbons (Fsp3) is 0.0435. The van der Waals surface area contributed by atoms with Crippen molar-refractivity contribution in [3.63, 3.8) is 0 Å². The van der Waals surface area contributed by atoms with Gasteiger partial charge in [0.05, 0.1) is 16.9 Å². The van der Waals surface area contributed by atoms with Gasteiger partial charge < -0.3 is 4.98 Å². The van der Waals surface area contributed by atoms with Crippen molar-refractivity contribution in [2.75, 3.05) is 0 Å². The van der Waals surface area contributed by atoms with Crippen LogP contribution in [-0.4, -0.2) is 19.9 Å². The highest BCUT2D eigenvalue weighted by Crippen LogP contribution is 2.32. The first-order chi connectivity index (χ1) is 13.7. The second kappa shape index (κ2) is 6.39. The first kappa shape index (κ1) is 16.3. The van der Waals surface area contributed by atoms with E-state index in [0.29, 0.717) is 11.2 Å². The number of nitrogens with one attached hydrogen (secondary N) is 1. The van der Waals surface area contributed by atoms with Crippen LogP contribution in [0.5, 0.6) is 0 Å². The van der Waals surface area contributed by atoms with Crippen LogP contribution in [0, 0.1) is 6.92 Å². The molecule has 0 bridgehead atoms. The number of pyridine rings is 2. The number of hydrogen-bond donors (Lipinski definition) is 1. The number of aromatic nitrogens is 4. The van der Waals surface area contributed by atoms with Crippen molar-refractivity contribution in [1.29, 1.82) is 0 Å². The molecule has 5 nitrogen and oxygen atoms in total. The van der Waals surface area contributed by atoms with Crippen molar-refractivity contribution >= 4 is 22.1 Å². The van der Waals surface area contributed by atoms with Crippen molar-refractivity contribution in [1.82, 2.24) is 19.9 Å². The fourth-order valence-corrected chi connectivity index (χ4v) is 3.44. The number of aromatic amines is 1. The van der Waals surface area contributed by atoms with Gasteiger partial charge in [-0.2, -0.15) is 0 Å². The number of nitrogens with zero attached hydrogens (tertiary/aromatic N) is 3. The topological polar surface area (TPSA) is 71.5 Å². The zero-order valence-electron chi connectivity index (χ0n) is 15.2. The molecule has 2 aromatic carbocycles. The van der Waals surface area contributed by atoms with E-state index in [1.807, 2.05) is 61.5 Å². The summed E-state index contributed by atoms with van der Waals surface area (Å²) in [6.45, 7) is 1.88. The molecule has 0 aliphatic carbocycles. The summed E-state index contributed by atoms with van der Waals surface area (Å²) >= 11 is 0. The molecule has 5 aromatic rings. The first-order valence-electron chi connectivity index (χ1n) is 9.01. The van der Waals surface area contributed by atoms with Crippen molar-refractivity contribution in [2.24, 2.45) is 0 Å². The van der Waals surface area contributed by atoms with E-state index >= 15 is 0 Å². The Bertz CT molecular complexity index is 1390. The molecule has 1 N–H and O–H groups in total. The minimum atomic E-state index is -0.178. The van der Waals surface area contributed by atoms with Gasteiger partial charge in [-0.3, -0.25) is 9.78 Å². The van der Waals surface area contributed by atoms with Gasteiger partial charge in [-0.05, 0) is 30.7 Å². The van der Waals surface area contributed by atoms with Crippen LogP contribution >= 0.6 is 0 Å². The maximum absolute atomic E-state index is 11.9. The quantitative estimate of drug-likeness (QED) is 0.500. The molecule has 134 valence electrons. The van der Waals surface area contributed by atoms with Gasteiger partial charge in [0.15, 0.2) is 5.65 Å². The van der Waals surface area contributed by atoms with E-state index in [9.17, 15) is 4.79 Å². The van der Waals surface area contributed by atoms with Gasteiger partial charge in [-0.25, -0.2) is 9.97 Å². The summed E-state index contributed by atoms with van der Waals surface area (Å²) in [5.74, 6) is 0. The Kier molecular flexibility index (Phi) is 3.72. The maximum Gasteiger partial charge on any atom is 0.249 e. The Morgan fingerprint density at radius 3 is 2.50 bits per heavy atom. The van der Waals surface area contributed by atoms with E-state index in [-0.39, 0.29) is 5.56 Å². The zero-order chi connectivity index (χ0) is 19.1. The summed E-state index contributed by atoms with van der Waals surface area (Å²) in [6, 6.07) is 21.5. The van der Waals surface area contributed by atoms with Crippen LogP contribution in [0.1, 0.15) is 5.56 Å². The Balaban J connectivity index is 1.85. The van der Waals surface area contributed by atoms with Crippen molar-refractivity contribution in [3.8, 4) is 22.5 Å². The van der Waals surface area contributed by atoms with Crippen LogP contribution in [0.3, 0.4) is 0 Å². The highest BCUT2D eigenvalue weighted by Gasteiger charge is 2.15. The van der Waals surface area contributed by atoms with Gasteiger partial charge in [0.25, 0.3) is 0 Å². The zero-order valence-corrected chi connectivity index (χ0v) is 15.2. The summed E-state index contributed by atoms with van der Waals surface area (Å²) in [6.07, 6.45) is 1.78. The van der Waals surface area contributed by atoms with Crippen LogP contribution in [0.2, 0.25) is 0 Å². The van der Waals surface area contributed by atoms with Gasteiger partial charge in [-0.15, -0.1) is 0 Å². The SMILES string of the molecule is Cc1cc(=O)[nH]c2nc(-c3ccccc3)c(-c3ccc4ncccc4c3)nc12. The van der Waals surface area contributed by atoms with Crippen LogP contribution in [0.25, 0.3) is 44.6 Å². The summed E-state index contributed by atoms with van der Waals surface area (Å²) in [5.41, 5.74) is 6.16. The fourth-order valence-electron chi connectivity index (χ4n) is 3.44. The normalized spacial score (nSPS) is 11.2. The third-order valence-corrected chi connectivity index (χ3v) is 4.78. The number of hydrogen-bond acceptors (Lipinski definition) is 4. The predicted molar refractivity (Wildman–Crippen MR) is 111 cm³/mol. The second-order valence-electron chi connectivity index (χ2n) is 6.71. The van der Waals surface area contributed by atoms with E-state index in [2.05, 4.69) is 16.0 Å². The van der Waals surface area contributed by atoms with Crippen LogP contribution < -0.4 is 5.56 Å². The molecule has 3 aromatic heterocycles. The molecule has 28 heavy (non-hydrogen) atoms. The molecule has 0 aliphatic rings. The minimum Gasteiger partial charge on any atom is -0.305 e. The average Bonchev–Trinajstić information content (AvgIpc) is 2.73. The Labute approximate surface area is 160 Å². The average molecular weight is 364 g/mol. The molecular formula is C23H16N4O. The summed E-state index contributed by atoms with van der Waals surface area (Å²) in [4.78, 5) is 28.8. The molecule has 5 rings (SSSR count). The summed E-state index contributed by atoms with van der Waals surface area (Å²) in [7, 11) is 0. The molecule has 0 amide bonds. The molecule has 0 atom stereocenters. The lowest BCUT2D eigenvalue weighted by atomic mass is 10.0. The highest BCUT2D eigenvalue weighted by atomic mass is 16.1. The predicted octanol–water partition coefficient (Wildman–Crippen LogP) is 4.51. The molecular weight excluding hydrogens is 348 g/mol. The smallest absolute Gasteiger partial charge is 0.249 e. The molecule has 0 unspecified atom stereocenters. The van der Waals surface area contributed by atoms with Gasteiger partial charge in [0, 0.05) is 28.8 Å². The van der Waals surface area contributed by atoms with E-state index in [4.69, 9.17) is 9.97 Å².